The maximum atomic E-state index is 13.5. The number of fused-ring (bicyclic) bond motifs is 1. The van der Waals surface area contributed by atoms with Gasteiger partial charge < -0.3 is 14.1 Å². The third-order valence-electron chi connectivity index (χ3n) is 5.88. The van der Waals surface area contributed by atoms with Crippen molar-refractivity contribution < 1.29 is 9.15 Å². The Balaban J connectivity index is 1.67. The Morgan fingerprint density at radius 2 is 2.11 bits per heavy atom. The van der Waals surface area contributed by atoms with Gasteiger partial charge >= 0.3 is 0 Å². The van der Waals surface area contributed by atoms with Crippen LogP contribution in [0.2, 0.25) is 0 Å². The minimum Gasteiger partial charge on any atom is -0.468 e. The van der Waals surface area contributed by atoms with Crippen LogP contribution in [0.25, 0.3) is 10.9 Å². The number of aromatic nitrogens is 5. The van der Waals surface area contributed by atoms with E-state index in [2.05, 4.69) is 31.5 Å². The number of aryl methyl sites for hydroxylation is 1. The number of tetrazole rings is 1. The van der Waals surface area contributed by atoms with Crippen LogP contribution in [0.4, 0.5) is 0 Å². The number of H-pyrrole nitrogens is 1. The van der Waals surface area contributed by atoms with Gasteiger partial charge in [0.1, 0.15) is 11.8 Å². The molecule has 0 amide bonds. The van der Waals surface area contributed by atoms with E-state index in [0.717, 1.165) is 27.1 Å². The molecule has 1 N–H and O–H groups in total. The second-order valence-electron chi connectivity index (χ2n) is 8.36. The molecule has 0 saturated heterocycles. The summed E-state index contributed by atoms with van der Waals surface area (Å²) in [5, 5.41) is 15.5. The number of hydrogen-bond acceptors (Lipinski definition) is 8. The lowest BCUT2D eigenvalue weighted by Gasteiger charge is -2.30. The molecule has 0 unspecified atom stereocenters. The van der Waals surface area contributed by atoms with Crippen molar-refractivity contribution in [2.45, 2.75) is 32.6 Å². The van der Waals surface area contributed by atoms with Crippen LogP contribution in [0.5, 0.6) is 0 Å². The molecule has 0 fully saturated rings. The fourth-order valence-electron chi connectivity index (χ4n) is 4.22. The monoisotopic (exact) mass is 490 g/mol. The highest BCUT2D eigenvalue weighted by Crippen LogP contribution is 2.31. The highest BCUT2D eigenvalue weighted by molar-refractivity contribution is 7.09. The average molecular weight is 491 g/mol. The average Bonchev–Trinajstić information content (AvgIpc) is 3.62. The number of ether oxygens (including phenoxy) is 1. The van der Waals surface area contributed by atoms with Gasteiger partial charge in [-0.25, -0.2) is 4.68 Å². The van der Waals surface area contributed by atoms with E-state index in [0.29, 0.717) is 37.6 Å². The fourth-order valence-corrected chi connectivity index (χ4v) is 4.95. The number of methoxy groups -OCH3 is 1. The van der Waals surface area contributed by atoms with E-state index in [1.807, 2.05) is 54.8 Å². The highest BCUT2D eigenvalue weighted by atomic mass is 32.1. The Morgan fingerprint density at radius 3 is 2.89 bits per heavy atom. The van der Waals surface area contributed by atoms with Crippen LogP contribution < -0.4 is 5.56 Å². The van der Waals surface area contributed by atoms with Gasteiger partial charge in [0.15, 0.2) is 5.82 Å². The molecular formula is C25H26N6O3S. The van der Waals surface area contributed by atoms with Gasteiger partial charge in [0.05, 0.1) is 26.0 Å². The van der Waals surface area contributed by atoms with E-state index in [4.69, 9.17) is 9.15 Å². The quantitative estimate of drug-likeness (QED) is 0.317. The van der Waals surface area contributed by atoms with E-state index in [1.54, 1.807) is 29.4 Å². The van der Waals surface area contributed by atoms with Crippen molar-refractivity contribution in [3.8, 4) is 0 Å². The van der Waals surface area contributed by atoms with E-state index in [-0.39, 0.29) is 5.56 Å². The Hall–Kier alpha value is -3.60. The number of thiophene rings is 1. The second-order valence-corrected chi connectivity index (χ2v) is 9.40. The largest absolute Gasteiger partial charge is 0.468 e. The van der Waals surface area contributed by atoms with Crippen molar-refractivity contribution in [1.82, 2.24) is 30.1 Å². The summed E-state index contributed by atoms with van der Waals surface area (Å²) in [6, 6.07) is 15.3. The number of furan rings is 1. The molecule has 0 bridgehead atoms. The van der Waals surface area contributed by atoms with E-state index >= 15 is 0 Å². The predicted molar refractivity (Wildman–Crippen MR) is 133 cm³/mol. The van der Waals surface area contributed by atoms with Crippen molar-refractivity contribution in [2.75, 3.05) is 13.7 Å². The van der Waals surface area contributed by atoms with Crippen LogP contribution in [-0.4, -0.2) is 43.8 Å². The van der Waals surface area contributed by atoms with Crippen LogP contribution >= 0.6 is 11.3 Å². The number of benzene rings is 1. The summed E-state index contributed by atoms with van der Waals surface area (Å²) in [4.78, 5) is 19.9. The number of nitrogens with zero attached hydrogens (tertiary/aromatic N) is 5. The van der Waals surface area contributed by atoms with Crippen LogP contribution in [0.1, 0.15) is 33.6 Å². The molecule has 10 heteroatoms. The van der Waals surface area contributed by atoms with E-state index < -0.39 is 6.04 Å². The highest BCUT2D eigenvalue weighted by Gasteiger charge is 2.31. The zero-order valence-electron chi connectivity index (χ0n) is 19.5. The van der Waals surface area contributed by atoms with Gasteiger partial charge in [-0.1, -0.05) is 18.2 Å². The lowest BCUT2D eigenvalue weighted by atomic mass is 10.0. The Bertz CT molecular complexity index is 1410. The molecule has 0 spiro atoms. The summed E-state index contributed by atoms with van der Waals surface area (Å²) in [6.07, 6.45) is 1.65. The third-order valence-corrected chi connectivity index (χ3v) is 6.74. The van der Waals surface area contributed by atoms with Gasteiger partial charge in [-0.05, 0) is 64.0 Å². The Morgan fingerprint density at radius 1 is 1.20 bits per heavy atom. The molecule has 0 aliphatic heterocycles. The lowest BCUT2D eigenvalue weighted by molar-refractivity contribution is 0.164. The molecule has 4 aromatic heterocycles. The normalized spacial score (nSPS) is 12.5. The summed E-state index contributed by atoms with van der Waals surface area (Å²) in [5.74, 6) is 1.36. The molecular weight excluding hydrogens is 464 g/mol. The molecule has 4 heterocycles. The summed E-state index contributed by atoms with van der Waals surface area (Å²) in [6.45, 7) is 3.98. The Labute approximate surface area is 206 Å². The van der Waals surface area contributed by atoms with E-state index in [9.17, 15) is 4.79 Å². The number of pyridine rings is 1. The maximum Gasteiger partial charge on any atom is 0.253 e. The summed E-state index contributed by atoms with van der Waals surface area (Å²) in [5.41, 5.74) is 2.27. The molecule has 5 rings (SSSR count). The van der Waals surface area contributed by atoms with Crippen molar-refractivity contribution in [2.24, 2.45) is 0 Å². The number of hydrogen-bond donors (Lipinski definition) is 1. The molecule has 1 atom stereocenters. The SMILES string of the molecule is COCCn1nnnc1[C@H](c1cc2ccc(C)cc2[nH]c1=O)N(Cc1ccco1)Cc1cccs1. The molecule has 0 saturated carbocycles. The molecule has 9 nitrogen and oxygen atoms in total. The van der Waals surface area contributed by atoms with E-state index in [1.165, 1.54) is 0 Å². The number of aromatic amines is 1. The van der Waals surface area contributed by atoms with Crippen LogP contribution in [0, 0.1) is 6.92 Å². The maximum absolute atomic E-state index is 13.5. The number of rotatable bonds is 10. The van der Waals surface area contributed by atoms with Crippen LogP contribution in [0.3, 0.4) is 0 Å². The van der Waals surface area contributed by atoms with Crippen molar-refractivity contribution >= 4 is 22.2 Å². The van der Waals surface area contributed by atoms with Gasteiger partial charge in [-0.15, -0.1) is 16.4 Å². The van der Waals surface area contributed by atoms with Gasteiger partial charge in [0, 0.05) is 29.6 Å². The molecule has 5 aromatic rings. The minimum atomic E-state index is -0.525. The lowest BCUT2D eigenvalue weighted by Crippen LogP contribution is -2.34. The van der Waals surface area contributed by atoms with Crippen LogP contribution in [0.15, 0.2) is 69.4 Å². The molecule has 0 aliphatic rings. The molecule has 180 valence electrons. The summed E-state index contributed by atoms with van der Waals surface area (Å²) in [7, 11) is 1.64. The molecule has 0 aliphatic carbocycles. The van der Waals surface area contributed by atoms with Gasteiger partial charge in [0.25, 0.3) is 5.56 Å². The first-order valence-corrected chi connectivity index (χ1v) is 12.2. The fraction of sp³-hybridized carbons (Fsp3) is 0.280. The first-order valence-electron chi connectivity index (χ1n) is 11.3. The van der Waals surface area contributed by atoms with Crippen molar-refractivity contribution in [3.05, 3.63) is 98.1 Å². The molecule has 0 radical (unpaired) electrons. The topological polar surface area (TPSA) is 102 Å². The van der Waals surface area contributed by atoms with Crippen molar-refractivity contribution in [3.63, 3.8) is 0 Å². The number of nitrogens with one attached hydrogen (secondary N) is 1. The summed E-state index contributed by atoms with van der Waals surface area (Å²) < 4.78 is 12.7. The molecule has 1 aromatic carbocycles. The second kappa shape index (κ2) is 10.3. The standard InChI is InChI=1S/C25H26N6O3S/c1-17-7-8-18-14-21(25(32)26-22(18)13-17)23(24-27-28-29-31(24)9-11-33-2)30(15-19-5-3-10-34-19)16-20-6-4-12-35-20/h3-8,10,12-14,23H,9,11,15-16H2,1-2H3,(H,26,32)/t23-/m0/s1. The van der Waals surface area contributed by atoms with Gasteiger partial charge in [-0.2, -0.15) is 0 Å². The first kappa shape index (κ1) is 23.2. The first-order chi connectivity index (χ1) is 17.1. The van der Waals surface area contributed by atoms with Gasteiger partial charge in [-0.3, -0.25) is 9.69 Å². The minimum absolute atomic E-state index is 0.176. The predicted octanol–water partition coefficient (Wildman–Crippen LogP) is 3.92. The third kappa shape index (κ3) is 5.09. The van der Waals surface area contributed by atoms with Crippen LogP contribution in [-0.2, 0) is 24.4 Å². The smallest absolute Gasteiger partial charge is 0.253 e. The molecule has 35 heavy (non-hydrogen) atoms. The zero-order valence-corrected chi connectivity index (χ0v) is 20.4. The Kier molecular flexibility index (Phi) is 6.84. The summed E-state index contributed by atoms with van der Waals surface area (Å²) >= 11 is 1.66. The van der Waals surface area contributed by atoms with Gasteiger partial charge in [0.2, 0.25) is 0 Å². The van der Waals surface area contributed by atoms with Crippen molar-refractivity contribution in [1.29, 1.82) is 0 Å². The zero-order chi connectivity index (χ0) is 24.2.